The molecule has 1 nitrogen and oxygen atoms in total. The van der Waals surface area contributed by atoms with Gasteiger partial charge in [0.2, 0.25) is 0 Å². The molecule has 0 aromatic heterocycles. The highest BCUT2D eigenvalue weighted by Gasteiger charge is 2.04. The molecule has 0 aliphatic rings. The maximum absolute atomic E-state index is 4.51. The summed E-state index contributed by atoms with van der Waals surface area (Å²) in [4.78, 5) is 4.51. The molecule has 0 spiro atoms. The lowest BCUT2D eigenvalue weighted by atomic mass is 9.98. The molecule has 0 amide bonds. The van der Waals surface area contributed by atoms with Gasteiger partial charge in [-0.05, 0) is 70.6 Å². The van der Waals surface area contributed by atoms with E-state index in [0.717, 1.165) is 24.8 Å². The Labute approximate surface area is 124 Å². The molecule has 108 valence electrons. The molecular formula is C19H27N. The van der Waals surface area contributed by atoms with Crippen LogP contribution in [0.4, 0.5) is 0 Å². The van der Waals surface area contributed by atoms with E-state index in [1.54, 1.807) is 0 Å². The van der Waals surface area contributed by atoms with Gasteiger partial charge in [-0.25, -0.2) is 0 Å². The molecule has 0 saturated heterocycles. The molecule has 1 heteroatoms. The second kappa shape index (κ2) is 7.84. The predicted octanol–water partition coefficient (Wildman–Crippen LogP) is 5.57. The Hall–Kier alpha value is -1.63. The fourth-order valence-electron chi connectivity index (χ4n) is 2.27. The first kappa shape index (κ1) is 16.4. The van der Waals surface area contributed by atoms with Gasteiger partial charge in [0.15, 0.2) is 0 Å². The largest absolute Gasteiger partial charge is 0.266 e. The van der Waals surface area contributed by atoms with Gasteiger partial charge in [0, 0.05) is 11.9 Å². The Bertz CT molecular complexity index is 533. The van der Waals surface area contributed by atoms with Crippen LogP contribution in [0.25, 0.3) is 0 Å². The second-order valence-corrected chi connectivity index (χ2v) is 5.52. The van der Waals surface area contributed by atoms with Crippen LogP contribution in [-0.2, 0) is 6.42 Å². The third-order valence-electron chi connectivity index (χ3n) is 3.72. The molecule has 0 aliphatic carbocycles. The van der Waals surface area contributed by atoms with E-state index in [4.69, 9.17) is 0 Å². The van der Waals surface area contributed by atoms with E-state index in [1.165, 1.54) is 28.0 Å². The summed E-state index contributed by atoms with van der Waals surface area (Å²) in [7, 11) is 0. The molecule has 0 saturated carbocycles. The summed E-state index contributed by atoms with van der Waals surface area (Å²) in [5.41, 5.74) is 7.69. The van der Waals surface area contributed by atoms with Gasteiger partial charge in [-0.1, -0.05) is 35.9 Å². The van der Waals surface area contributed by atoms with Gasteiger partial charge in [-0.2, -0.15) is 0 Å². The van der Waals surface area contributed by atoms with E-state index in [9.17, 15) is 0 Å². The summed E-state index contributed by atoms with van der Waals surface area (Å²) < 4.78 is 0. The molecule has 0 bridgehead atoms. The van der Waals surface area contributed by atoms with Gasteiger partial charge in [-0.3, -0.25) is 4.99 Å². The zero-order valence-corrected chi connectivity index (χ0v) is 13.6. The van der Waals surface area contributed by atoms with E-state index in [0.29, 0.717) is 0 Å². The van der Waals surface area contributed by atoms with Crippen LogP contribution in [0.2, 0.25) is 0 Å². The highest BCUT2D eigenvalue weighted by atomic mass is 14.7. The van der Waals surface area contributed by atoms with Gasteiger partial charge in [0.1, 0.15) is 0 Å². The average molecular weight is 269 g/mol. The lowest BCUT2D eigenvalue weighted by Gasteiger charge is -2.10. The van der Waals surface area contributed by atoms with Crippen LogP contribution >= 0.6 is 0 Å². The van der Waals surface area contributed by atoms with E-state index in [1.807, 2.05) is 20.1 Å². The van der Waals surface area contributed by atoms with Crippen molar-refractivity contribution in [3.8, 4) is 0 Å². The van der Waals surface area contributed by atoms with Crippen LogP contribution in [0.5, 0.6) is 0 Å². The number of benzene rings is 1. The topological polar surface area (TPSA) is 12.4 Å². The van der Waals surface area contributed by atoms with Crippen LogP contribution in [0.15, 0.2) is 46.6 Å². The molecule has 0 N–H and O–H groups in total. The normalized spacial score (nSPS) is 12.7. The third kappa shape index (κ3) is 4.80. The number of nitrogens with zero attached hydrogens (tertiary/aromatic N) is 1. The highest BCUT2D eigenvalue weighted by molar-refractivity contribution is 5.56. The Balaban J connectivity index is 2.73. The summed E-state index contributed by atoms with van der Waals surface area (Å²) in [5.74, 6) is 0. The predicted molar refractivity (Wildman–Crippen MR) is 90.5 cm³/mol. The van der Waals surface area contributed by atoms with E-state index in [-0.39, 0.29) is 0 Å². The van der Waals surface area contributed by atoms with Gasteiger partial charge in [0.25, 0.3) is 0 Å². The van der Waals surface area contributed by atoms with Crippen molar-refractivity contribution < 1.29 is 0 Å². The van der Waals surface area contributed by atoms with Crippen molar-refractivity contribution in [1.82, 2.24) is 0 Å². The Morgan fingerprint density at radius 1 is 1.25 bits per heavy atom. The fourth-order valence-corrected chi connectivity index (χ4v) is 2.27. The van der Waals surface area contributed by atoms with Crippen molar-refractivity contribution in [2.24, 2.45) is 4.99 Å². The zero-order chi connectivity index (χ0) is 15.1. The minimum Gasteiger partial charge on any atom is -0.266 e. The minimum absolute atomic E-state index is 1.01. The van der Waals surface area contributed by atoms with Crippen LogP contribution in [0.3, 0.4) is 0 Å². The van der Waals surface area contributed by atoms with E-state index >= 15 is 0 Å². The van der Waals surface area contributed by atoms with Crippen molar-refractivity contribution in [3.05, 3.63) is 58.3 Å². The van der Waals surface area contributed by atoms with Crippen molar-refractivity contribution in [3.63, 3.8) is 0 Å². The number of allylic oxidation sites excluding steroid dienone is 3. The molecule has 20 heavy (non-hydrogen) atoms. The van der Waals surface area contributed by atoms with Gasteiger partial charge < -0.3 is 0 Å². The number of hydrogen-bond acceptors (Lipinski definition) is 1. The van der Waals surface area contributed by atoms with Crippen molar-refractivity contribution >= 4 is 6.21 Å². The van der Waals surface area contributed by atoms with Crippen molar-refractivity contribution in [2.75, 3.05) is 0 Å². The van der Waals surface area contributed by atoms with Gasteiger partial charge >= 0.3 is 0 Å². The SMILES string of the molecule is C=C(C)/C(C)=C(CCCc1cc(C)ccc1C)\N=C/C. The molecule has 1 aromatic carbocycles. The van der Waals surface area contributed by atoms with Crippen LogP contribution < -0.4 is 0 Å². The number of aliphatic imine (C=N–C) groups is 1. The molecule has 1 rings (SSSR count). The van der Waals surface area contributed by atoms with Gasteiger partial charge in [0.05, 0.1) is 0 Å². The van der Waals surface area contributed by atoms with Gasteiger partial charge in [-0.15, -0.1) is 0 Å². The van der Waals surface area contributed by atoms with Crippen LogP contribution in [0.1, 0.15) is 50.3 Å². The first-order valence-electron chi connectivity index (χ1n) is 7.36. The average Bonchev–Trinajstić information content (AvgIpc) is 2.40. The lowest BCUT2D eigenvalue weighted by molar-refractivity contribution is 0.794. The lowest BCUT2D eigenvalue weighted by Crippen LogP contribution is -1.94. The van der Waals surface area contributed by atoms with Crippen molar-refractivity contribution in [1.29, 1.82) is 0 Å². The maximum Gasteiger partial charge on any atom is 0.0431 e. The number of rotatable bonds is 6. The molecule has 0 aliphatic heterocycles. The first-order valence-corrected chi connectivity index (χ1v) is 7.36. The molecule has 0 atom stereocenters. The smallest absolute Gasteiger partial charge is 0.0431 e. The molecular weight excluding hydrogens is 242 g/mol. The third-order valence-corrected chi connectivity index (χ3v) is 3.72. The standard InChI is InChI=1S/C19H27N/c1-7-20-19(17(6)14(2)3)10-8-9-18-13-15(4)11-12-16(18)5/h7,11-13H,2,8-10H2,1,3-6H3/b19-17-,20-7-. The van der Waals surface area contributed by atoms with Crippen LogP contribution in [-0.4, -0.2) is 6.21 Å². The summed E-state index contributed by atoms with van der Waals surface area (Å²) in [6.07, 6.45) is 5.12. The fraction of sp³-hybridized carbons (Fsp3) is 0.421. The van der Waals surface area contributed by atoms with Crippen molar-refractivity contribution in [2.45, 2.75) is 53.9 Å². The summed E-state index contributed by atoms with van der Waals surface area (Å²) in [5, 5.41) is 0. The summed E-state index contributed by atoms with van der Waals surface area (Å²) in [6.45, 7) is 14.5. The second-order valence-electron chi connectivity index (χ2n) is 5.52. The first-order chi connectivity index (χ1) is 9.45. The molecule has 0 heterocycles. The molecule has 0 radical (unpaired) electrons. The van der Waals surface area contributed by atoms with E-state index in [2.05, 4.69) is 50.5 Å². The number of hydrogen-bond donors (Lipinski definition) is 0. The Kier molecular flexibility index (Phi) is 6.44. The molecule has 0 unspecified atom stereocenters. The van der Waals surface area contributed by atoms with Crippen LogP contribution in [0, 0.1) is 13.8 Å². The Morgan fingerprint density at radius 2 is 1.95 bits per heavy atom. The number of aryl methyl sites for hydroxylation is 3. The molecule has 0 fully saturated rings. The Morgan fingerprint density at radius 3 is 2.55 bits per heavy atom. The zero-order valence-electron chi connectivity index (χ0n) is 13.6. The summed E-state index contributed by atoms with van der Waals surface area (Å²) >= 11 is 0. The monoisotopic (exact) mass is 269 g/mol. The maximum atomic E-state index is 4.51. The minimum atomic E-state index is 1.01. The highest BCUT2D eigenvalue weighted by Crippen LogP contribution is 2.20. The quantitative estimate of drug-likeness (QED) is 0.473. The van der Waals surface area contributed by atoms with E-state index < -0.39 is 0 Å². The molecule has 1 aromatic rings. The summed E-state index contributed by atoms with van der Waals surface area (Å²) in [6, 6.07) is 6.69.